The van der Waals surface area contributed by atoms with E-state index in [1.165, 1.54) is 6.92 Å². The second-order valence-electron chi connectivity index (χ2n) is 7.51. The Labute approximate surface area is 147 Å². The molecule has 0 bridgehead atoms. The Morgan fingerprint density at radius 3 is 2.40 bits per heavy atom. The van der Waals surface area contributed by atoms with Gasteiger partial charge in [0.1, 0.15) is 11.4 Å². The number of aromatic nitrogens is 2. The van der Waals surface area contributed by atoms with E-state index in [1.54, 1.807) is 4.90 Å². The lowest BCUT2D eigenvalue weighted by Gasteiger charge is -2.24. The average Bonchev–Trinajstić information content (AvgIpc) is 3.13. The summed E-state index contributed by atoms with van der Waals surface area (Å²) in [4.78, 5) is 36.6. The van der Waals surface area contributed by atoms with Crippen LogP contribution in [0.1, 0.15) is 51.8 Å². The number of fused-ring (bicyclic) bond motifs is 1. The number of carbonyl (C=O) groups is 2. The maximum atomic E-state index is 12.4. The topological polar surface area (TPSA) is 87.7 Å². The van der Waals surface area contributed by atoms with Gasteiger partial charge in [-0.2, -0.15) is 4.98 Å². The SMILES string of the molecule is CC(=O)Nc1nc2c(c(N3CCCC3)n1)CN(C(=O)OC(C)(C)C)C2. The Kier molecular flexibility index (Phi) is 4.53. The quantitative estimate of drug-likeness (QED) is 0.883. The first-order chi connectivity index (χ1) is 11.7. The Hall–Kier alpha value is -2.38. The monoisotopic (exact) mass is 347 g/mol. The zero-order valence-electron chi connectivity index (χ0n) is 15.3. The fourth-order valence-electron chi connectivity index (χ4n) is 3.10. The Balaban J connectivity index is 1.88. The molecule has 25 heavy (non-hydrogen) atoms. The standard InChI is InChI=1S/C17H25N5O3/c1-11(23)18-15-19-13-10-22(16(24)25-17(2,3)4)9-12(13)14(20-15)21-7-5-6-8-21/h5-10H2,1-4H3,(H,18,19,20,23). The van der Waals surface area contributed by atoms with Crippen LogP contribution in [0.3, 0.4) is 0 Å². The summed E-state index contributed by atoms with van der Waals surface area (Å²) in [5, 5.41) is 2.66. The minimum atomic E-state index is -0.545. The van der Waals surface area contributed by atoms with Crippen LogP contribution in [0.2, 0.25) is 0 Å². The highest BCUT2D eigenvalue weighted by atomic mass is 16.6. The number of hydrogen-bond donors (Lipinski definition) is 1. The molecule has 136 valence electrons. The first kappa shape index (κ1) is 17.4. The van der Waals surface area contributed by atoms with Gasteiger partial charge in [0, 0.05) is 25.6 Å². The number of ether oxygens (including phenoxy) is 1. The van der Waals surface area contributed by atoms with E-state index in [-0.39, 0.29) is 12.0 Å². The third-order valence-electron chi connectivity index (χ3n) is 4.11. The van der Waals surface area contributed by atoms with Gasteiger partial charge in [-0.3, -0.25) is 15.0 Å². The Bertz CT molecular complexity index is 692. The molecule has 3 heterocycles. The fraction of sp³-hybridized carbons (Fsp3) is 0.647. The molecule has 2 amide bonds. The van der Waals surface area contributed by atoms with E-state index >= 15 is 0 Å². The van der Waals surface area contributed by atoms with E-state index in [4.69, 9.17) is 4.74 Å². The average molecular weight is 347 g/mol. The number of rotatable bonds is 2. The summed E-state index contributed by atoms with van der Waals surface area (Å²) < 4.78 is 5.47. The van der Waals surface area contributed by atoms with E-state index in [9.17, 15) is 9.59 Å². The Morgan fingerprint density at radius 1 is 1.12 bits per heavy atom. The summed E-state index contributed by atoms with van der Waals surface area (Å²) in [6.45, 7) is 9.61. The van der Waals surface area contributed by atoms with Crippen molar-refractivity contribution in [3.63, 3.8) is 0 Å². The number of nitrogens with zero attached hydrogens (tertiary/aromatic N) is 4. The first-order valence-corrected chi connectivity index (χ1v) is 8.63. The van der Waals surface area contributed by atoms with Crippen LogP contribution in [-0.2, 0) is 22.6 Å². The van der Waals surface area contributed by atoms with Gasteiger partial charge >= 0.3 is 6.09 Å². The maximum absolute atomic E-state index is 12.4. The molecule has 8 heteroatoms. The highest BCUT2D eigenvalue weighted by Crippen LogP contribution is 2.32. The molecule has 0 atom stereocenters. The van der Waals surface area contributed by atoms with E-state index in [2.05, 4.69) is 20.2 Å². The van der Waals surface area contributed by atoms with Gasteiger partial charge < -0.3 is 9.64 Å². The van der Waals surface area contributed by atoms with Crippen LogP contribution in [-0.4, -0.2) is 45.6 Å². The predicted octanol–water partition coefficient (Wildman–Crippen LogP) is 2.29. The van der Waals surface area contributed by atoms with Gasteiger partial charge in [-0.15, -0.1) is 0 Å². The van der Waals surface area contributed by atoms with Crippen molar-refractivity contribution in [2.75, 3.05) is 23.3 Å². The molecule has 0 radical (unpaired) electrons. The van der Waals surface area contributed by atoms with Crippen molar-refractivity contribution in [1.29, 1.82) is 0 Å². The van der Waals surface area contributed by atoms with Crippen molar-refractivity contribution < 1.29 is 14.3 Å². The van der Waals surface area contributed by atoms with Gasteiger partial charge in [-0.1, -0.05) is 0 Å². The van der Waals surface area contributed by atoms with Crippen molar-refractivity contribution in [2.45, 2.75) is 59.2 Å². The molecular formula is C17H25N5O3. The smallest absolute Gasteiger partial charge is 0.410 e. The summed E-state index contributed by atoms with van der Waals surface area (Å²) in [5.74, 6) is 0.894. The summed E-state index contributed by atoms with van der Waals surface area (Å²) in [6.07, 6.45) is 1.87. The predicted molar refractivity (Wildman–Crippen MR) is 93.3 cm³/mol. The number of amides is 2. The third-order valence-corrected chi connectivity index (χ3v) is 4.11. The van der Waals surface area contributed by atoms with Gasteiger partial charge in [0.25, 0.3) is 0 Å². The molecule has 0 saturated carbocycles. The lowest BCUT2D eigenvalue weighted by molar-refractivity contribution is -0.114. The lowest BCUT2D eigenvalue weighted by atomic mass is 10.2. The molecule has 1 fully saturated rings. The molecule has 2 aliphatic heterocycles. The summed E-state index contributed by atoms with van der Waals surface area (Å²) in [7, 11) is 0. The maximum Gasteiger partial charge on any atom is 0.410 e. The zero-order valence-corrected chi connectivity index (χ0v) is 15.3. The summed E-state index contributed by atoms with van der Waals surface area (Å²) in [5.41, 5.74) is 1.17. The largest absolute Gasteiger partial charge is 0.444 e. The van der Waals surface area contributed by atoms with Crippen LogP contribution in [0.25, 0.3) is 0 Å². The summed E-state index contributed by atoms with van der Waals surface area (Å²) >= 11 is 0. The number of carbonyl (C=O) groups excluding carboxylic acids is 2. The normalized spacial score (nSPS) is 16.8. The Morgan fingerprint density at radius 2 is 1.80 bits per heavy atom. The van der Waals surface area contributed by atoms with E-state index in [1.807, 2.05) is 20.8 Å². The molecule has 2 aliphatic rings. The van der Waals surface area contributed by atoms with Crippen LogP contribution < -0.4 is 10.2 Å². The molecule has 0 spiro atoms. The van der Waals surface area contributed by atoms with E-state index < -0.39 is 5.60 Å². The van der Waals surface area contributed by atoms with Crippen LogP contribution in [0.5, 0.6) is 0 Å². The van der Waals surface area contributed by atoms with Crippen molar-refractivity contribution in [1.82, 2.24) is 14.9 Å². The molecular weight excluding hydrogens is 322 g/mol. The minimum Gasteiger partial charge on any atom is -0.444 e. The minimum absolute atomic E-state index is 0.214. The lowest BCUT2D eigenvalue weighted by Crippen LogP contribution is -2.33. The van der Waals surface area contributed by atoms with Crippen LogP contribution >= 0.6 is 0 Å². The van der Waals surface area contributed by atoms with Crippen molar-refractivity contribution in [3.8, 4) is 0 Å². The van der Waals surface area contributed by atoms with Gasteiger partial charge in [0.2, 0.25) is 11.9 Å². The van der Waals surface area contributed by atoms with E-state index in [0.29, 0.717) is 19.0 Å². The van der Waals surface area contributed by atoms with Gasteiger partial charge in [0.05, 0.1) is 18.8 Å². The molecule has 3 rings (SSSR count). The molecule has 1 aromatic rings. The van der Waals surface area contributed by atoms with Crippen LogP contribution in [0.15, 0.2) is 0 Å². The zero-order chi connectivity index (χ0) is 18.2. The van der Waals surface area contributed by atoms with Crippen molar-refractivity contribution in [3.05, 3.63) is 11.3 Å². The van der Waals surface area contributed by atoms with Crippen molar-refractivity contribution in [2.24, 2.45) is 0 Å². The second kappa shape index (κ2) is 6.50. The van der Waals surface area contributed by atoms with E-state index in [0.717, 1.165) is 43.0 Å². The van der Waals surface area contributed by atoms with Gasteiger partial charge in [-0.05, 0) is 33.6 Å². The first-order valence-electron chi connectivity index (χ1n) is 8.63. The molecule has 0 aromatic carbocycles. The van der Waals surface area contributed by atoms with Crippen LogP contribution in [0.4, 0.5) is 16.6 Å². The molecule has 0 unspecified atom stereocenters. The number of nitrogens with one attached hydrogen (secondary N) is 1. The van der Waals surface area contributed by atoms with Crippen LogP contribution in [0, 0.1) is 0 Å². The fourth-order valence-corrected chi connectivity index (χ4v) is 3.10. The van der Waals surface area contributed by atoms with Gasteiger partial charge in [-0.25, -0.2) is 9.78 Å². The molecule has 1 N–H and O–H groups in total. The second-order valence-corrected chi connectivity index (χ2v) is 7.51. The molecule has 1 saturated heterocycles. The number of hydrogen-bond acceptors (Lipinski definition) is 6. The van der Waals surface area contributed by atoms with Crippen molar-refractivity contribution >= 4 is 23.8 Å². The highest BCUT2D eigenvalue weighted by molar-refractivity contribution is 5.87. The third kappa shape index (κ3) is 4.00. The number of anilines is 2. The molecule has 1 aromatic heterocycles. The molecule has 8 nitrogen and oxygen atoms in total. The highest BCUT2D eigenvalue weighted by Gasteiger charge is 2.33. The molecule has 0 aliphatic carbocycles. The summed E-state index contributed by atoms with van der Waals surface area (Å²) in [6, 6.07) is 0. The van der Waals surface area contributed by atoms with Gasteiger partial charge in [0.15, 0.2) is 0 Å².